The van der Waals surface area contributed by atoms with Gasteiger partial charge in [-0.15, -0.1) is 0 Å². The molecular formula is C21H23N3O2. The van der Waals surface area contributed by atoms with Gasteiger partial charge in [-0.3, -0.25) is 4.79 Å². The maximum Gasteiger partial charge on any atom is 0.219 e. The monoisotopic (exact) mass is 349 g/mol. The number of carbonyl (C=O) groups is 1. The SMILES string of the molecule is CCC(=O)NC[C@H]1N[C@H](CO)[C@@H]1c1ccc(-c2cccc(C#N)c2)cc1. The summed E-state index contributed by atoms with van der Waals surface area (Å²) in [5.41, 5.74) is 3.84. The largest absolute Gasteiger partial charge is 0.395 e. The van der Waals surface area contributed by atoms with E-state index in [1.54, 1.807) is 6.07 Å². The molecule has 2 aromatic rings. The molecule has 0 radical (unpaired) electrons. The highest BCUT2D eigenvalue weighted by molar-refractivity contribution is 5.75. The summed E-state index contributed by atoms with van der Waals surface area (Å²) in [5.74, 6) is 0.197. The number of benzene rings is 2. The summed E-state index contributed by atoms with van der Waals surface area (Å²) in [5, 5.41) is 24.8. The van der Waals surface area contributed by atoms with Crippen molar-refractivity contribution in [3.63, 3.8) is 0 Å². The van der Waals surface area contributed by atoms with E-state index in [0.29, 0.717) is 18.5 Å². The highest BCUT2D eigenvalue weighted by atomic mass is 16.3. The Kier molecular flexibility index (Phi) is 5.67. The lowest BCUT2D eigenvalue weighted by Crippen LogP contribution is -2.64. The van der Waals surface area contributed by atoms with Crippen LogP contribution in [0.15, 0.2) is 48.5 Å². The number of hydrogen-bond donors (Lipinski definition) is 3. The summed E-state index contributed by atoms with van der Waals surface area (Å²) in [6, 6.07) is 18.0. The van der Waals surface area contributed by atoms with Gasteiger partial charge in [-0.05, 0) is 28.8 Å². The van der Waals surface area contributed by atoms with Crippen molar-refractivity contribution in [2.75, 3.05) is 13.2 Å². The normalized spacial score (nSPS) is 21.5. The quantitative estimate of drug-likeness (QED) is 0.746. The molecule has 1 aliphatic rings. The van der Waals surface area contributed by atoms with E-state index in [9.17, 15) is 9.90 Å². The lowest BCUT2D eigenvalue weighted by atomic mass is 9.77. The second kappa shape index (κ2) is 8.13. The molecule has 0 spiro atoms. The minimum atomic E-state index is 0.00583. The van der Waals surface area contributed by atoms with Crippen LogP contribution in [0.25, 0.3) is 11.1 Å². The first kappa shape index (κ1) is 18.1. The van der Waals surface area contributed by atoms with E-state index in [2.05, 4.69) is 28.8 Å². The van der Waals surface area contributed by atoms with E-state index in [1.165, 1.54) is 0 Å². The standard InChI is InChI=1S/C21H23N3O2/c1-2-20(26)23-12-18-21(19(13-25)24-18)16-8-6-15(7-9-16)17-5-3-4-14(10-17)11-22/h3-10,18-19,21,24-25H,2,12-13H2,1H3,(H,23,26)/t18-,19-,21-/m1/s1. The number of aliphatic hydroxyl groups is 1. The van der Waals surface area contributed by atoms with Crippen LogP contribution in [0.2, 0.25) is 0 Å². The van der Waals surface area contributed by atoms with Crippen molar-refractivity contribution in [3.8, 4) is 17.2 Å². The molecule has 1 heterocycles. The van der Waals surface area contributed by atoms with Crippen molar-refractivity contribution in [3.05, 3.63) is 59.7 Å². The molecule has 1 saturated heterocycles. The second-order valence-corrected chi connectivity index (χ2v) is 6.56. The highest BCUT2D eigenvalue weighted by Crippen LogP contribution is 2.33. The van der Waals surface area contributed by atoms with Crippen molar-refractivity contribution < 1.29 is 9.90 Å². The molecule has 2 aromatic carbocycles. The fraction of sp³-hybridized carbons (Fsp3) is 0.333. The smallest absolute Gasteiger partial charge is 0.219 e. The zero-order valence-corrected chi connectivity index (χ0v) is 14.8. The van der Waals surface area contributed by atoms with Crippen LogP contribution in [0.3, 0.4) is 0 Å². The van der Waals surface area contributed by atoms with Gasteiger partial charge in [0.05, 0.1) is 18.2 Å². The summed E-state index contributed by atoms with van der Waals surface area (Å²) in [7, 11) is 0. The first-order chi connectivity index (χ1) is 12.7. The van der Waals surface area contributed by atoms with E-state index in [1.807, 2.05) is 37.3 Å². The molecule has 0 aromatic heterocycles. The summed E-state index contributed by atoms with van der Waals surface area (Å²) in [4.78, 5) is 11.5. The van der Waals surface area contributed by atoms with Gasteiger partial charge in [0.1, 0.15) is 0 Å². The fourth-order valence-corrected chi connectivity index (χ4v) is 3.48. The Hall–Kier alpha value is -2.68. The van der Waals surface area contributed by atoms with Crippen LogP contribution >= 0.6 is 0 Å². The van der Waals surface area contributed by atoms with Crippen LogP contribution in [0.1, 0.15) is 30.4 Å². The van der Waals surface area contributed by atoms with Crippen LogP contribution < -0.4 is 10.6 Å². The molecule has 1 amide bonds. The molecule has 0 unspecified atom stereocenters. The lowest BCUT2D eigenvalue weighted by molar-refractivity contribution is -0.121. The van der Waals surface area contributed by atoms with Gasteiger partial charge < -0.3 is 15.7 Å². The molecule has 5 heteroatoms. The Morgan fingerprint density at radius 2 is 1.96 bits per heavy atom. The number of nitriles is 1. The van der Waals surface area contributed by atoms with Gasteiger partial charge in [0.15, 0.2) is 0 Å². The van der Waals surface area contributed by atoms with Gasteiger partial charge in [0.2, 0.25) is 5.91 Å². The molecule has 134 valence electrons. The molecule has 3 N–H and O–H groups in total. The molecule has 1 aliphatic heterocycles. The van der Waals surface area contributed by atoms with Gasteiger partial charge in [-0.2, -0.15) is 5.26 Å². The van der Waals surface area contributed by atoms with E-state index in [4.69, 9.17) is 5.26 Å². The number of nitrogens with one attached hydrogen (secondary N) is 2. The molecule has 3 rings (SSSR count). The maximum atomic E-state index is 11.5. The van der Waals surface area contributed by atoms with Gasteiger partial charge in [0.25, 0.3) is 0 Å². The highest BCUT2D eigenvalue weighted by Gasteiger charge is 2.40. The van der Waals surface area contributed by atoms with Crippen LogP contribution in [0.5, 0.6) is 0 Å². The Morgan fingerprint density at radius 3 is 2.62 bits per heavy atom. The molecule has 0 bridgehead atoms. The van der Waals surface area contributed by atoms with Gasteiger partial charge in [-0.25, -0.2) is 0 Å². The van der Waals surface area contributed by atoms with Crippen molar-refractivity contribution in [2.24, 2.45) is 0 Å². The van der Waals surface area contributed by atoms with Gasteiger partial charge in [-0.1, -0.05) is 43.3 Å². The number of rotatable bonds is 6. The minimum Gasteiger partial charge on any atom is -0.395 e. The lowest BCUT2D eigenvalue weighted by Gasteiger charge is -2.46. The Balaban J connectivity index is 1.75. The van der Waals surface area contributed by atoms with Crippen molar-refractivity contribution in [2.45, 2.75) is 31.3 Å². The Morgan fingerprint density at radius 1 is 1.19 bits per heavy atom. The molecule has 3 atom stereocenters. The number of nitrogens with zero attached hydrogens (tertiary/aromatic N) is 1. The predicted molar refractivity (Wildman–Crippen MR) is 100 cm³/mol. The van der Waals surface area contributed by atoms with E-state index in [0.717, 1.165) is 16.7 Å². The molecule has 5 nitrogen and oxygen atoms in total. The molecule has 26 heavy (non-hydrogen) atoms. The Bertz CT molecular complexity index is 811. The third kappa shape index (κ3) is 3.77. The van der Waals surface area contributed by atoms with Gasteiger partial charge in [0, 0.05) is 31.0 Å². The predicted octanol–water partition coefficient (Wildman–Crippen LogP) is 2.17. The van der Waals surface area contributed by atoms with Crippen LogP contribution in [-0.2, 0) is 4.79 Å². The van der Waals surface area contributed by atoms with E-state index < -0.39 is 0 Å². The maximum absolute atomic E-state index is 11.5. The fourth-order valence-electron chi connectivity index (χ4n) is 3.48. The number of hydrogen-bond acceptors (Lipinski definition) is 4. The van der Waals surface area contributed by atoms with Crippen LogP contribution in [-0.4, -0.2) is 36.2 Å². The summed E-state index contributed by atoms with van der Waals surface area (Å²) < 4.78 is 0. The zero-order valence-electron chi connectivity index (χ0n) is 14.8. The van der Waals surface area contributed by atoms with Crippen LogP contribution in [0, 0.1) is 11.3 Å². The van der Waals surface area contributed by atoms with Crippen molar-refractivity contribution in [1.82, 2.24) is 10.6 Å². The number of amides is 1. The first-order valence-corrected chi connectivity index (χ1v) is 8.90. The summed E-state index contributed by atoms with van der Waals surface area (Å²) >= 11 is 0. The molecule has 0 aliphatic carbocycles. The van der Waals surface area contributed by atoms with Crippen LogP contribution in [0.4, 0.5) is 0 Å². The Labute approximate surface area is 153 Å². The average Bonchev–Trinajstić information content (AvgIpc) is 2.67. The number of aliphatic hydroxyl groups excluding tert-OH is 1. The third-order valence-corrected chi connectivity index (χ3v) is 4.95. The van der Waals surface area contributed by atoms with E-state index >= 15 is 0 Å². The van der Waals surface area contributed by atoms with Crippen molar-refractivity contribution >= 4 is 5.91 Å². The van der Waals surface area contributed by atoms with Crippen molar-refractivity contribution in [1.29, 1.82) is 5.26 Å². The topological polar surface area (TPSA) is 85.2 Å². The van der Waals surface area contributed by atoms with E-state index in [-0.39, 0.29) is 30.5 Å². The van der Waals surface area contributed by atoms with Gasteiger partial charge >= 0.3 is 0 Å². The third-order valence-electron chi connectivity index (χ3n) is 4.95. The second-order valence-electron chi connectivity index (χ2n) is 6.56. The first-order valence-electron chi connectivity index (χ1n) is 8.90. The summed E-state index contributed by atoms with van der Waals surface area (Å²) in [6.07, 6.45) is 0.470. The minimum absolute atomic E-state index is 0.00583. The molecule has 1 fully saturated rings. The number of carbonyl (C=O) groups excluding carboxylic acids is 1. The molecule has 0 saturated carbocycles. The molecular weight excluding hydrogens is 326 g/mol. The zero-order chi connectivity index (χ0) is 18.5. The average molecular weight is 349 g/mol. The summed E-state index contributed by atoms with van der Waals surface area (Å²) in [6.45, 7) is 2.45.